The average molecular weight is 476 g/mol. The summed E-state index contributed by atoms with van der Waals surface area (Å²) < 4.78 is 7.17. The molecule has 0 amide bonds. The second kappa shape index (κ2) is 10.8. The molecule has 0 bridgehead atoms. The maximum Gasteiger partial charge on any atom is 0.321 e. The third-order valence-electron chi connectivity index (χ3n) is 5.10. The Hall–Kier alpha value is -2.61. The number of carboxylic acids is 2. The Morgan fingerprint density at radius 2 is 1.78 bits per heavy atom. The fourth-order valence-corrected chi connectivity index (χ4v) is 4.63. The van der Waals surface area contributed by atoms with E-state index in [0.717, 1.165) is 15.6 Å². The number of fused-ring (bicyclic) bond motifs is 1. The Labute approximate surface area is 195 Å². The normalized spacial score (nSPS) is 13.2. The van der Waals surface area contributed by atoms with Gasteiger partial charge in [-0.3, -0.25) is 14.9 Å². The lowest BCUT2D eigenvalue weighted by Gasteiger charge is -2.22. The van der Waals surface area contributed by atoms with Gasteiger partial charge in [0.25, 0.3) is 0 Å². The van der Waals surface area contributed by atoms with Crippen molar-refractivity contribution in [1.29, 1.82) is 0 Å². The van der Waals surface area contributed by atoms with E-state index in [2.05, 4.69) is 5.32 Å². The van der Waals surface area contributed by atoms with Gasteiger partial charge < -0.3 is 14.9 Å². The number of hydrogen-bond acceptors (Lipinski definition) is 5. The molecular formula is C24H26ClNO5S. The van der Waals surface area contributed by atoms with E-state index < -0.39 is 24.0 Å². The molecule has 0 fully saturated rings. The number of halogens is 1. The third-order valence-corrected chi connectivity index (χ3v) is 6.35. The third kappa shape index (κ3) is 6.22. The number of rotatable bonds is 11. The van der Waals surface area contributed by atoms with Crippen LogP contribution in [-0.4, -0.2) is 34.2 Å². The lowest BCUT2D eigenvalue weighted by molar-refractivity contribution is -0.142. The van der Waals surface area contributed by atoms with Gasteiger partial charge in [-0.15, -0.1) is 11.3 Å². The molecule has 0 unspecified atom stereocenters. The molecule has 0 spiro atoms. The van der Waals surface area contributed by atoms with Crippen molar-refractivity contribution in [1.82, 2.24) is 5.32 Å². The molecule has 3 aromatic rings. The van der Waals surface area contributed by atoms with E-state index in [9.17, 15) is 19.8 Å². The summed E-state index contributed by atoms with van der Waals surface area (Å²) in [7, 11) is 0. The predicted molar refractivity (Wildman–Crippen MR) is 127 cm³/mol. The van der Waals surface area contributed by atoms with Crippen LogP contribution in [0.4, 0.5) is 0 Å². The van der Waals surface area contributed by atoms with E-state index >= 15 is 0 Å². The van der Waals surface area contributed by atoms with E-state index in [1.807, 2.05) is 49.6 Å². The Morgan fingerprint density at radius 1 is 1.06 bits per heavy atom. The summed E-state index contributed by atoms with van der Waals surface area (Å²) in [4.78, 5) is 23.5. The first-order chi connectivity index (χ1) is 15.2. The minimum atomic E-state index is -1.10. The van der Waals surface area contributed by atoms with Gasteiger partial charge in [0, 0.05) is 27.1 Å². The molecule has 0 aliphatic carbocycles. The van der Waals surface area contributed by atoms with Crippen molar-refractivity contribution in [3.8, 4) is 5.75 Å². The second-order valence-electron chi connectivity index (χ2n) is 8.08. The molecular weight excluding hydrogens is 450 g/mol. The molecule has 2 aromatic carbocycles. The van der Waals surface area contributed by atoms with Crippen LogP contribution < -0.4 is 10.1 Å². The molecule has 6 nitrogen and oxygen atoms in total. The first kappa shape index (κ1) is 24.0. The highest BCUT2D eigenvalue weighted by Gasteiger charge is 2.27. The van der Waals surface area contributed by atoms with Crippen molar-refractivity contribution < 1.29 is 24.5 Å². The Bertz CT molecular complexity index is 1100. The number of para-hydroxylation sites is 1. The summed E-state index contributed by atoms with van der Waals surface area (Å²) in [5, 5.41) is 25.7. The van der Waals surface area contributed by atoms with Gasteiger partial charge in [0.15, 0.2) is 0 Å². The number of thiophene rings is 1. The quantitative estimate of drug-likeness (QED) is 0.352. The fourth-order valence-electron chi connectivity index (χ4n) is 3.53. The molecule has 1 heterocycles. The van der Waals surface area contributed by atoms with Crippen LogP contribution in [0.5, 0.6) is 5.75 Å². The van der Waals surface area contributed by atoms with Crippen LogP contribution in [0.2, 0.25) is 5.02 Å². The number of benzene rings is 2. The maximum atomic E-state index is 11.9. The highest BCUT2D eigenvalue weighted by molar-refractivity contribution is 7.17. The van der Waals surface area contributed by atoms with Crippen LogP contribution in [0.15, 0.2) is 47.8 Å². The molecule has 8 heteroatoms. The summed E-state index contributed by atoms with van der Waals surface area (Å²) in [6, 6.07) is 11.0. The summed E-state index contributed by atoms with van der Waals surface area (Å²) in [5.74, 6) is -1.48. The lowest BCUT2D eigenvalue weighted by Crippen LogP contribution is -2.48. The van der Waals surface area contributed by atoms with Crippen molar-refractivity contribution in [2.45, 2.75) is 45.4 Å². The summed E-state index contributed by atoms with van der Waals surface area (Å²) >= 11 is 7.74. The van der Waals surface area contributed by atoms with Crippen LogP contribution in [0.25, 0.3) is 10.1 Å². The van der Waals surface area contributed by atoms with E-state index in [4.69, 9.17) is 16.3 Å². The first-order valence-electron chi connectivity index (χ1n) is 10.3. The highest BCUT2D eigenvalue weighted by atomic mass is 35.5. The van der Waals surface area contributed by atoms with E-state index in [1.54, 1.807) is 23.5 Å². The number of ether oxygens (including phenoxy) is 1. The molecule has 0 aliphatic heterocycles. The van der Waals surface area contributed by atoms with Gasteiger partial charge in [0.05, 0.1) is 0 Å². The summed E-state index contributed by atoms with van der Waals surface area (Å²) in [6.45, 7) is 4.11. The zero-order valence-electron chi connectivity index (χ0n) is 17.9. The molecule has 3 N–H and O–H groups in total. The molecule has 0 saturated carbocycles. The lowest BCUT2D eigenvalue weighted by atomic mass is 10.00. The molecule has 1 aromatic heterocycles. The van der Waals surface area contributed by atoms with Crippen LogP contribution in [0.3, 0.4) is 0 Å². The standard InChI is InChI=1S/C24H26ClNO5S/c1-14(2)9-19(23(27)28)26-20(24(29)30)10-15-5-3-4-6-21(15)31-12-16-13-32-22-8-7-17(25)11-18(16)22/h3-8,11,13-14,19-20,26H,9-10,12H2,1-2H3,(H,27,28)(H,29,30)/t19-,20-/m0/s1. The molecule has 2 atom stereocenters. The van der Waals surface area contributed by atoms with Crippen molar-refractivity contribution in [2.24, 2.45) is 5.92 Å². The summed E-state index contributed by atoms with van der Waals surface area (Å²) in [5.41, 5.74) is 1.69. The van der Waals surface area contributed by atoms with Crippen LogP contribution in [-0.2, 0) is 22.6 Å². The van der Waals surface area contributed by atoms with Crippen molar-refractivity contribution in [2.75, 3.05) is 0 Å². The maximum absolute atomic E-state index is 11.9. The molecule has 32 heavy (non-hydrogen) atoms. The SMILES string of the molecule is CC(C)C[C@H](N[C@@H](Cc1ccccc1OCc1csc2ccc(Cl)cc12)C(=O)O)C(=O)O. The van der Waals surface area contributed by atoms with Gasteiger partial charge >= 0.3 is 11.9 Å². The Balaban J connectivity index is 1.76. The van der Waals surface area contributed by atoms with Gasteiger partial charge in [-0.25, -0.2) is 0 Å². The topological polar surface area (TPSA) is 95.9 Å². The fraction of sp³-hybridized carbons (Fsp3) is 0.333. The Kier molecular flexibility index (Phi) is 8.12. The van der Waals surface area contributed by atoms with Gasteiger partial charge in [-0.1, -0.05) is 43.6 Å². The predicted octanol–water partition coefficient (Wildman–Crippen LogP) is 5.22. The second-order valence-corrected chi connectivity index (χ2v) is 9.43. The minimum Gasteiger partial charge on any atom is -0.489 e. The monoisotopic (exact) mass is 475 g/mol. The van der Waals surface area contributed by atoms with Gasteiger partial charge in [-0.05, 0) is 47.5 Å². The van der Waals surface area contributed by atoms with E-state index in [-0.39, 0.29) is 12.3 Å². The van der Waals surface area contributed by atoms with Crippen LogP contribution >= 0.6 is 22.9 Å². The molecule has 0 saturated heterocycles. The number of hydrogen-bond donors (Lipinski definition) is 3. The van der Waals surface area contributed by atoms with Crippen LogP contribution in [0, 0.1) is 5.92 Å². The highest BCUT2D eigenvalue weighted by Crippen LogP contribution is 2.30. The van der Waals surface area contributed by atoms with E-state index in [1.165, 1.54) is 0 Å². The Morgan fingerprint density at radius 3 is 2.47 bits per heavy atom. The first-order valence-corrected chi connectivity index (χ1v) is 11.6. The smallest absolute Gasteiger partial charge is 0.321 e. The number of carboxylic acid groups (broad SMARTS) is 2. The van der Waals surface area contributed by atoms with Crippen LogP contribution in [0.1, 0.15) is 31.4 Å². The number of nitrogens with one attached hydrogen (secondary N) is 1. The summed E-state index contributed by atoms with van der Waals surface area (Å²) in [6.07, 6.45) is 0.439. The molecule has 170 valence electrons. The van der Waals surface area contributed by atoms with Gasteiger partial charge in [-0.2, -0.15) is 0 Å². The van der Waals surface area contributed by atoms with Gasteiger partial charge in [0.1, 0.15) is 24.4 Å². The average Bonchev–Trinajstić information content (AvgIpc) is 3.13. The number of carbonyl (C=O) groups is 2. The van der Waals surface area contributed by atoms with Crippen molar-refractivity contribution >= 4 is 45.0 Å². The molecule has 0 radical (unpaired) electrons. The minimum absolute atomic E-state index is 0.101. The largest absolute Gasteiger partial charge is 0.489 e. The van der Waals surface area contributed by atoms with Crippen molar-refractivity contribution in [3.63, 3.8) is 0 Å². The number of aliphatic carboxylic acids is 2. The van der Waals surface area contributed by atoms with Crippen molar-refractivity contribution in [3.05, 3.63) is 64.0 Å². The molecule has 0 aliphatic rings. The van der Waals surface area contributed by atoms with E-state index in [0.29, 0.717) is 29.4 Å². The zero-order chi connectivity index (χ0) is 23.3. The zero-order valence-corrected chi connectivity index (χ0v) is 19.4. The molecule has 3 rings (SSSR count). The van der Waals surface area contributed by atoms with Gasteiger partial charge in [0.2, 0.25) is 0 Å².